The Morgan fingerprint density at radius 2 is 1.94 bits per heavy atom. The molecule has 5 nitrogen and oxygen atoms in total. The molecule has 0 aromatic carbocycles. The number of hydrogen-bond acceptors (Lipinski definition) is 3. The molecule has 1 saturated heterocycles. The maximum absolute atomic E-state index is 12.0. The molecule has 2 rings (SSSR count). The Labute approximate surface area is 101 Å². The van der Waals surface area contributed by atoms with Crippen molar-refractivity contribution in [3.8, 4) is 0 Å². The van der Waals surface area contributed by atoms with Crippen molar-refractivity contribution in [2.75, 3.05) is 0 Å². The summed E-state index contributed by atoms with van der Waals surface area (Å²) in [6.45, 7) is 7.37. The molecule has 1 amide bonds. The Kier molecular flexibility index (Phi) is 2.42. The zero-order valence-electron chi connectivity index (χ0n) is 10.7. The lowest BCUT2D eigenvalue weighted by Crippen LogP contribution is -2.45. The first-order valence-electron chi connectivity index (χ1n) is 5.88. The van der Waals surface area contributed by atoms with E-state index in [9.17, 15) is 9.59 Å². The van der Waals surface area contributed by atoms with Crippen molar-refractivity contribution in [3.05, 3.63) is 0 Å². The first-order valence-corrected chi connectivity index (χ1v) is 5.88. The topological polar surface area (TPSA) is 66.8 Å². The van der Waals surface area contributed by atoms with Crippen LogP contribution in [0.4, 0.5) is 4.79 Å². The molecule has 0 spiro atoms. The van der Waals surface area contributed by atoms with Gasteiger partial charge in [-0.15, -0.1) is 0 Å². The summed E-state index contributed by atoms with van der Waals surface area (Å²) in [7, 11) is 0. The summed E-state index contributed by atoms with van der Waals surface area (Å²) in [4.78, 5) is 24.5. The molecule has 1 N–H and O–H groups in total. The second-order valence-electron chi connectivity index (χ2n) is 6.32. The number of aliphatic carboxylic acids is 1. The van der Waals surface area contributed by atoms with Crippen molar-refractivity contribution in [1.29, 1.82) is 0 Å². The third-order valence-corrected chi connectivity index (χ3v) is 3.52. The number of carbonyl (C=O) groups is 2. The van der Waals surface area contributed by atoms with Gasteiger partial charge in [0, 0.05) is 6.04 Å². The molecule has 2 fully saturated rings. The van der Waals surface area contributed by atoms with Gasteiger partial charge >= 0.3 is 12.1 Å². The van der Waals surface area contributed by atoms with Crippen molar-refractivity contribution < 1.29 is 19.4 Å². The third-order valence-electron chi connectivity index (χ3n) is 3.52. The van der Waals surface area contributed by atoms with Crippen molar-refractivity contribution in [2.45, 2.75) is 58.2 Å². The highest BCUT2D eigenvalue weighted by molar-refractivity contribution is 5.82. The average molecular weight is 241 g/mol. The van der Waals surface area contributed by atoms with Crippen molar-refractivity contribution in [2.24, 2.45) is 5.41 Å². The van der Waals surface area contributed by atoms with Crippen LogP contribution in [0.25, 0.3) is 0 Å². The van der Waals surface area contributed by atoms with E-state index in [1.807, 2.05) is 6.92 Å². The Balaban J connectivity index is 2.13. The number of amides is 1. The van der Waals surface area contributed by atoms with E-state index < -0.39 is 23.7 Å². The number of carbonyl (C=O) groups excluding carboxylic acids is 1. The lowest BCUT2D eigenvalue weighted by Gasteiger charge is -2.28. The molecule has 0 unspecified atom stereocenters. The van der Waals surface area contributed by atoms with E-state index in [2.05, 4.69) is 0 Å². The maximum atomic E-state index is 12.0. The number of carboxylic acid groups (broad SMARTS) is 1. The van der Waals surface area contributed by atoms with Crippen LogP contribution in [0.5, 0.6) is 0 Å². The summed E-state index contributed by atoms with van der Waals surface area (Å²) >= 11 is 0. The average Bonchev–Trinajstić information content (AvgIpc) is 2.65. The molecule has 96 valence electrons. The van der Waals surface area contributed by atoms with Gasteiger partial charge in [0.2, 0.25) is 0 Å². The zero-order chi connectivity index (χ0) is 13.0. The lowest BCUT2D eigenvalue weighted by molar-refractivity contribution is -0.142. The maximum Gasteiger partial charge on any atom is 0.411 e. The molecule has 0 bridgehead atoms. The molecule has 3 atom stereocenters. The molecule has 0 aromatic rings. The minimum Gasteiger partial charge on any atom is -0.480 e. The smallest absolute Gasteiger partial charge is 0.411 e. The molecule has 5 heteroatoms. The van der Waals surface area contributed by atoms with Crippen LogP contribution in [0, 0.1) is 5.41 Å². The third kappa shape index (κ3) is 2.10. The zero-order valence-corrected chi connectivity index (χ0v) is 10.7. The fraction of sp³-hybridized carbons (Fsp3) is 0.833. The summed E-state index contributed by atoms with van der Waals surface area (Å²) < 4.78 is 5.27. The number of rotatable bonds is 1. The molecule has 0 aromatic heterocycles. The Hall–Kier alpha value is -1.26. The highest BCUT2D eigenvalue weighted by Crippen LogP contribution is 2.59. The van der Waals surface area contributed by atoms with Gasteiger partial charge < -0.3 is 9.84 Å². The van der Waals surface area contributed by atoms with Gasteiger partial charge in [0.1, 0.15) is 11.6 Å². The van der Waals surface area contributed by atoms with Crippen molar-refractivity contribution >= 4 is 12.1 Å². The van der Waals surface area contributed by atoms with Crippen LogP contribution >= 0.6 is 0 Å². The van der Waals surface area contributed by atoms with E-state index in [4.69, 9.17) is 9.84 Å². The predicted octanol–water partition coefficient (Wildman–Crippen LogP) is 1.86. The fourth-order valence-corrected chi connectivity index (χ4v) is 2.57. The fourth-order valence-electron chi connectivity index (χ4n) is 2.57. The molecule has 1 aliphatic carbocycles. The summed E-state index contributed by atoms with van der Waals surface area (Å²) in [5.41, 5.74) is -0.603. The molecular formula is C12H19NO4. The van der Waals surface area contributed by atoms with E-state index >= 15 is 0 Å². The molecule has 1 saturated carbocycles. The number of nitrogens with zero attached hydrogens (tertiary/aromatic N) is 1. The summed E-state index contributed by atoms with van der Waals surface area (Å²) in [5, 5.41) is 9.13. The van der Waals surface area contributed by atoms with Crippen LogP contribution in [-0.4, -0.2) is 39.8 Å². The molecule has 1 aliphatic heterocycles. The van der Waals surface area contributed by atoms with Crippen LogP contribution in [-0.2, 0) is 9.53 Å². The van der Waals surface area contributed by atoms with Gasteiger partial charge in [-0.25, -0.2) is 9.59 Å². The number of ether oxygens (including phenoxy) is 1. The SMILES string of the molecule is CC(C)(C)OC(=O)N1[C@@H](C(=O)O)C[C@@]2(C)C[C@@H]12. The minimum atomic E-state index is -0.940. The van der Waals surface area contributed by atoms with E-state index in [1.54, 1.807) is 20.8 Å². The number of piperidine rings is 1. The standard InChI is InChI=1S/C12H19NO4/c1-11(2,3)17-10(16)13-7(9(14)15)5-12(4)6-8(12)13/h7-8H,5-6H2,1-4H3,(H,14,15)/t7-,8-,12+/m1/s1. The quantitative estimate of drug-likeness (QED) is 0.761. The first-order chi connectivity index (χ1) is 7.64. The first kappa shape index (κ1) is 12.2. The van der Waals surface area contributed by atoms with Gasteiger partial charge in [-0.05, 0) is 39.0 Å². The Bertz CT molecular complexity index is 373. The number of fused-ring (bicyclic) bond motifs is 1. The second kappa shape index (κ2) is 3.37. The predicted molar refractivity (Wildman–Crippen MR) is 60.6 cm³/mol. The van der Waals surface area contributed by atoms with E-state index in [1.165, 1.54) is 4.90 Å². The van der Waals surface area contributed by atoms with Crippen molar-refractivity contribution in [1.82, 2.24) is 4.90 Å². The second-order valence-corrected chi connectivity index (χ2v) is 6.32. The number of likely N-dealkylation sites (tertiary alicyclic amines) is 1. The van der Waals surface area contributed by atoms with Gasteiger partial charge in [0.25, 0.3) is 0 Å². The van der Waals surface area contributed by atoms with Crippen LogP contribution in [0.2, 0.25) is 0 Å². The van der Waals surface area contributed by atoms with Crippen LogP contribution in [0.15, 0.2) is 0 Å². The van der Waals surface area contributed by atoms with E-state index in [0.717, 1.165) is 6.42 Å². The molecule has 2 aliphatic rings. The van der Waals surface area contributed by atoms with Crippen molar-refractivity contribution in [3.63, 3.8) is 0 Å². The molecule has 0 radical (unpaired) electrons. The van der Waals surface area contributed by atoms with E-state index in [-0.39, 0.29) is 11.5 Å². The van der Waals surface area contributed by atoms with Crippen LogP contribution in [0.1, 0.15) is 40.5 Å². The van der Waals surface area contributed by atoms with Crippen LogP contribution < -0.4 is 0 Å². The summed E-state index contributed by atoms with van der Waals surface area (Å²) in [6, 6.07) is -0.688. The highest BCUT2D eigenvalue weighted by Gasteiger charge is 2.65. The Morgan fingerprint density at radius 3 is 2.41 bits per heavy atom. The number of carboxylic acids is 1. The highest BCUT2D eigenvalue weighted by atomic mass is 16.6. The summed E-state index contributed by atoms with van der Waals surface area (Å²) in [6.07, 6.45) is 0.915. The van der Waals surface area contributed by atoms with Gasteiger partial charge in [0.05, 0.1) is 0 Å². The normalized spacial score (nSPS) is 35.4. The van der Waals surface area contributed by atoms with E-state index in [0.29, 0.717) is 6.42 Å². The lowest BCUT2D eigenvalue weighted by atomic mass is 10.0. The largest absolute Gasteiger partial charge is 0.480 e. The molecule has 1 heterocycles. The number of hydrogen-bond donors (Lipinski definition) is 1. The van der Waals surface area contributed by atoms with Gasteiger partial charge in [-0.1, -0.05) is 6.92 Å². The van der Waals surface area contributed by atoms with Gasteiger partial charge in [-0.3, -0.25) is 4.90 Å². The molecular weight excluding hydrogens is 222 g/mol. The monoisotopic (exact) mass is 241 g/mol. The van der Waals surface area contributed by atoms with Gasteiger partial charge in [0.15, 0.2) is 0 Å². The Morgan fingerprint density at radius 1 is 1.35 bits per heavy atom. The molecule has 17 heavy (non-hydrogen) atoms. The van der Waals surface area contributed by atoms with Crippen LogP contribution in [0.3, 0.4) is 0 Å². The van der Waals surface area contributed by atoms with Gasteiger partial charge in [-0.2, -0.15) is 0 Å². The summed E-state index contributed by atoms with van der Waals surface area (Å²) in [5.74, 6) is -0.940. The minimum absolute atomic E-state index is 0.0139.